The summed E-state index contributed by atoms with van der Waals surface area (Å²) in [5.74, 6) is -0.589. The Labute approximate surface area is 177 Å². The van der Waals surface area contributed by atoms with Gasteiger partial charge in [0.25, 0.3) is 5.91 Å². The molecule has 162 valence electrons. The number of unbranched alkanes of at least 4 members (excludes halogenated alkanes) is 1. The quantitative estimate of drug-likeness (QED) is 0.202. The van der Waals surface area contributed by atoms with Crippen LogP contribution < -0.4 is 10.8 Å². The molecule has 7 heteroatoms. The van der Waals surface area contributed by atoms with Crippen LogP contribution in [0.1, 0.15) is 43.0 Å². The lowest BCUT2D eigenvalue weighted by atomic mass is 10.0. The summed E-state index contributed by atoms with van der Waals surface area (Å²) < 4.78 is 10.7. The molecule has 2 aromatic carbocycles. The van der Waals surface area contributed by atoms with Crippen molar-refractivity contribution in [3.05, 3.63) is 60.2 Å². The number of amides is 2. The molecule has 0 aliphatic rings. The highest BCUT2D eigenvalue weighted by molar-refractivity contribution is 5.94. The van der Waals surface area contributed by atoms with Gasteiger partial charge < -0.3 is 14.8 Å². The van der Waals surface area contributed by atoms with Gasteiger partial charge >= 0.3 is 0 Å². The summed E-state index contributed by atoms with van der Waals surface area (Å²) >= 11 is 0. The number of carbonyl (C=O) groups is 2. The molecule has 0 aliphatic heterocycles. The van der Waals surface area contributed by atoms with Crippen molar-refractivity contribution >= 4 is 11.8 Å². The summed E-state index contributed by atoms with van der Waals surface area (Å²) in [4.78, 5) is 23.8. The van der Waals surface area contributed by atoms with E-state index in [1.54, 1.807) is 17.6 Å². The molecule has 0 aromatic heterocycles. The summed E-state index contributed by atoms with van der Waals surface area (Å²) in [5.41, 5.74) is 4.34. The van der Waals surface area contributed by atoms with Crippen LogP contribution in [0.2, 0.25) is 0 Å². The van der Waals surface area contributed by atoms with E-state index in [1.165, 1.54) is 0 Å². The van der Waals surface area contributed by atoms with Gasteiger partial charge in [0.15, 0.2) is 0 Å². The zero-order valence-electron chi connectivity index (χ0n) is 17.3. The van der Waals surface area contributed by atoms with Gasteiger partial charge in [-0.1, -0.05) is 48.9 Å². The van der Waals surface area contributed by atoms with Crippen LogP contribution in [0, 0.1) is 0 Å². The van der Waals surface area contributed by atoms with Crippen molar-refractivity contribution in [3.63, 3.8) is 0 Å². The van der Waals surface area contributed by atoms with Crippen LogP contribution in [0.5, 0.6) is 0 Å². The zero-order chi connectivity index (χ0) is 21.6. The third-order valence-electron chi connectivity index (χ3n) is 4.61. The van der Waals surface area contributed by atoms with Crippen LogP contribution in [0.3, 0.4) is 0 Å². The average Bonchev–Trinajstić information content (AvgIpc) is 2.79. The second-order valence-corrected chi connectivity index (χ2v) is 6.88. The SMILES string of the molecule is CCOCOC[C@H](CCCCC(=O)NO)NC(=O)c1ccc(-c2ccccc2)cc1. The number of hydroxylamine groups is 1. The molecule has 30 heavy (non-hydrogen) atoms. The van der Waals surface area contributed by atoms with Crippen LogP contribution in [-0.4, -0.2) is 43.1 Å². The predicted octanol–water partition coefficient (Wildman–Crippen LogP) is 3.53. The Kier molecular flexibility index (Phi) is 10.6. The van der Waals surface area contributed by atoms with Crippen molar-refractivity contribution in [1.29, 1.82) is 0 Å². The molecule has 0 spiro atoms. The van der Waals surface area contributed by atoms with Crippen molar-refractivity contribution in [2.45, 2.75) is 38.6 Å². The van der Waals surface area contributed by atoms with Gasteiger partial charge in [0, 0.05) is 18.6 Å². The first-order chi connectivity index (χ1) is 14.6. The van der Waals surface area contributed by atoms with Gasteiger partial charge in [0.05, 0.1) is 12.6 Å². The maximum absolute atomic E-state index is 12.7. The zero-order valence-corrected chi connectivity index (χ0v) is 17.3. The first-order valence-corrected chi connectivity index (χ1v) is 10.2. The van der Waals surface area contributed by atoms with Gasteiger partial charge in [0.2, 0.25) is 5.91 Å². The summed E-state index contributed by atoms with van der Waals surface area (Å²) in [6, 6.07) is 17.2. The minimum absolute atomic E-state index is 0.168. The Bertz CT molecular complexity index is 765. The Morgan fingerprint density at radius 1 is 0.967 bits per heavy atom. The third-order valence-corrected chi connectivity index (χ3v) is 4.61. The lowest BCUT2D eigenvalue weighted by Crippen LogP contribution is -2.38. The van der Waals surface area contributed by atoms with E-state index in [9.17, 15) is 9.59 Å². The van der Waals surface area contributed by atoms with Gasteiger partial charge in [0.1, 0.15) is 6.79 Å². The first-order valence-electron chi connectivity index (χ1n) is 10.2. The normalized spacial score (nSPS) is 11.7. The first kappa shape index (κ1) is 23.5. The number of hydrogen-bond donors (Lipinski definition) is 3. The van der Waals surface area contributed by atoms with Gasteiger partial charge in [-0.2, -0.15) is 0 Å². The number of carbonyl (C=O) groups excluding carboxylic acids is 2. The van der Waals surface area contributed by atoms with Crippen molar-refractivity contribution in [2.75, 3.05) is 20.0 Å². The second-order valence-electron chi connectivity index (χ2n) is 6.88. The van der Waals surface area contributed by atoms with E-state index >= 15 is 0 Å². The molecule has 2 aromatic rings. The lowest BCUT2D eigenvalue weighted by Gasteiger charge is -2.19. The molecule has 3 N–H and O–H groups in total. The number of ether oxygens (including phenoxy) is 2. The van der Waals surface area contributed by atoms with E-state index in [1.807, 2.05) is 49.4 Å². The molecule has 0 radical (unpaired) electrons. The average molecular weight is 415 g/mol. The maximum atomic E-state index is 12.7. The molecular formula is C23H30N2O5. The smallest absolute Gasteiger partial charge is 0.251 e. The Morgan fingerprint density at radius 3 is 2.33 bits per heavy atom. The largest absolute Gasteiger partial charge is 0.356 e. The minimum Gasteiger partial charge on any atom is -0.356 e. The lowest BCUT2D eigenvalue weighted by molar-refractivity contribution is -0.129. The van der Waals surface area contributed by atoms with Gasteiger partial charge in [-0.05, 0) is 43.0 Å². The molecule has 7 nitrogen and oxygen atoms in total. The highest BCUT2D eigenvalue weighted by atomic mass is 16.7. The summed E-state index contributed by atoms with van der Waals surface area (Å²) in [7, 11) is 0. The van der Waals surface area contributed by atoms with E-state index in [0.717, 1.165) is 11.1 Å². The van der Waals surface area contributed by atoms with E-state index in [-0.39, 0.29) is 25.2 Å². The topological polar surface area (TPSA) is 96.9 Å². The number of rotatable bonds is 13. The summed E-state index contributed by atoms with van der Waals surface area (Å²) in [6.07, 6.45) is 2.20. The fourth-order valence-corrected chi connectivity index (χ4v) is 2.98. The minimum atomic E-state index is -0.415. The number of benzene rings is 2. The second kappa shape index (κ2) is 13.5. The van der Waals surface area contributed by atoms with Gasteiger partial charge in [-0.3, -0.25) is 14.8 Å². The van der Waals surface area contributed by atoms with Crippen LogP contribution in [0.15, 0.2) is 54.6 Å². The Balaban J connectivity index is 1.91. The van der Waals surface area contributed by atoms with Crippen LogP contribution in [0.25, 0.3) is 11.1 Å². The molecule has 0 heterocycles. The number of nitrogens with one attached hydrogen (secondary N) is 2. The van der Waals surface area contributed by atoms with Crippen LogP contribution in [0.4, 0.5) is 0 Å². The van der Waals surface area contributed by atoms with Gasteiger partial charge in [-0.25, -0.2) is 5.48 Å². The van der Waals surface area contributed by atoms with E-state index in [4.69, 9.17) is 14.7 Å². The molecule has 0 saturated carbocycles. The van der Waals surface area contributed by atoms with Gasteiger partial charge in [-0.15, -0.1) is 0 Å². The molecule has 0 fully saturated rings. The van der Waals surface area contributed by atoms with Crippen LogP contribution >= 0.6 is 0 Å². The Morgan fingerprint density at radius 2 is 1.67 bits per heavy atom. The maximum Gasteiger partial charge on any atom is 0.251 e. The molecule has 2 amide bonds. The van der Waals surface area contributed by atoms with Crippen LogP contribution in [-0.2, 0) is 14.3 Å². The molecule has 0 bridgehead atoms. The molecular weight excluding hydrogens is 384 g/mol. The molecule has 1 atom stereocenters. The fraction of sp³-hybridized carbons (Fsp3) is 0.391. The summed E-state index contributed by atoms with van der Waals surface area (Å²) in [5, 5.41) is 11.6. The van der Waals surface area contributed by atoms with E-state index in [0.29, 0.717) is 38.0 Å². The predicted molar refractivity (Wildman–Crippen MR) is 114 cm³/mol. The van der Waals surface area contributed by atoms with Crippen molar-refractivity contribution in [1.82, 2.24) is 10.8 Å². The monoisotopic (exact) mass is 414 g/mol. The molecule has 0 aliphatic carbocycles. The number of hydrogen-bond acceptors (Lipinski definition) is 5. The summed E-state index contributed by atoms with van der Waals surface area (Å²) in [6.45, 7) is 2.93. The van der Waals surface area contributed by atoms with Crippen molar-refractivity contribution in [3.8, 4) is 11.1 Å². The molecule has 2 rings (SSSR count). The van der Waals surface area contributed by atoms with Crippen molar-refractivity contribution in [2.24, 2.45) is 0 Å². The Hall–Kier alpha value is -2.74. The molecule has 0 unspecified atom stereocenters. The van der Waals surface area contributed by atoms with Crippen molar-refractivity contribution < 1.29 is 24.3 Å². The highest BCUT2D eigenvalue weighted by Gasteiger charge is 2.15. The molecule has 0 saturated heterocycles. The third kappa shape index (κ3) is 8.32. The van der Waals surface area contributed by atoms with E-state index < -0.39 is 5.91 Å². The van der Waals surface area contributed by atoms with E-state index in [2.05, 4.69) is 5.32 Å². The fourth-order valence-electron chi connectivity index (χ4n) is 2.98. The standard InChI is InChI=1S/C23H30N2O5/c1-2-29-17-30-16-21(10-6-7-11-22(26)25-28)24-23(27)20-14-12-19(13-15-20)18-8-4-3-5-9-18/h3-5,8-9,12-15,21,28H,2,6-7,10-11,16-17H2,1H3,(H,24,27)(H,25,26)/t21-/m0/s1. The highest BCUT2D eigenvalue weighted by Crippen LogP contribution is 2.19.